The van der Waals surface area contributed by atoms with E-state index < -0.39 is 0 Å². The van der Waals surface area contributed by atoms with Gasteiger partial charge in [-0.1, -0.05) is 5.21 Å². The van der Waals surface area contributed by atoms with Gasteiger partial charge < -0.3 is 14.2 Å². The molecule has 1 aliphatic heterocycles. The molecular weight excluding hydrogens is 322 g/mol. The number of aryl methyl sites for hydroxylation is 1. The molecule has 132 valence electrons. The molecule has 1 aliphatic carbocycles. The first-order chi connectivity index (χ1) is 12.1. The lowest BCUT2D eigenvalue weighted by Gasteiger charge is -2.18. The maximum Gasteiger partial charge on any atom is 0.259 e. The van der Waals surface area contributed by atoms with Crippen LogP contribution in [0.3, 0.4) is 0 Å². The van der Waals surface area contributed by atoms with Crippen molar-refractivity contribution in [1.82, 2.24) is 24.5 Å². The highest BCUT2D eigenvalue weighted by atomic mass is 16.5. The Balaban J connectivity index is 1.52. The third-order valence-corrected chi connectivity index (χ3v) is 4.99. The summed E-state index contributed by atoms with van der Waals surface area (Å²) in [6.07, 6.45) is 6.79. The number of aromatic nitrogens is 4. The molecule has 1 atom stereocenters. The third kappa shape index (κ3) is 2.92. The zero-order chi connectivity index (χ0) is 17.6. The summed E-state index contributed by atoms with van der Waals surface area (Å²) in [5, 5.41) is 8.49. The second-order valence-corrected chi connectivity index (χ2v) is 6.80. The molecule has 4 rings (SSSR count). The fourth-order valence-electron chi connectivity index (χ4n) is 3.29. The van der Waals surface area contributed by atoms with Crippen LogP contribution in [-0.4, -0.2) is 50.6 Å². The fraction of sp³-hybridized carbons (Fsp3) is 0.529. The van der Waals surface area contributed by atoms with Gasteiger partial charge in [-0.15, -0.1) is 5.10 Å². The molecule has 1 saturated carbocycles. The lowest BCUT2D eigenvalue weighted by atomic mass is 10.2. The first kappa shape index (κ1) is 15.9. The summed E-state index contributed by atoms with van der Waals surface area (Å²) in [4.78, 5) is 26.4. The molecule has 2 aromatic rings. The van der Waals surface area contributed by atoms with Crippen LogP contribution < -0.4 is 10.3 Å². The lowest BCUT2D eigenvalue weighted by Crippen LogP contribution is -2.31. The van der Waals surface area contributed by atoms with Crippen LogP contribution in [0.5, 0.6) is 5.75 Å². The number of carbonyl (C=O) groups is 1. The summed E-state index contributed by atoms with van der Waals surface area (Å²) in [6, 6.07) is 1.49. The van der Waals surface area contributed by atoms with E-state index in [9.17, 15) is 9.59 Å². The number of amides is 1. The van der Waals surface area contributed by atoms with Gasteiger partial charge in [-0.2, -0.15) is 0 Å². The molecule has 25 heavy (non-hydrogen) atoms. The predicted octanol–water partition coefficient (Wildman–Crippen LogP) is 0.950. The Hall–Kier alpha value is -2.64. The summed E-state index contributed by atoms with van der Waals surface area (Å²) in [7, 11) is 3.09. The van der Waals surface area contributed by atoms with Crippen LogP contribution in [0.25, 0.3) is 0 Å². The van der Waals surface area contributed by atoms with Crippen molar-refractivity contribution in [3.63, 3.8) is 0 Å². The van der Waals surface area contributed by atoms with E-state index in [0.717, 1.165) is 12.1 Å². The second kappa shape index (κ2) is 6.02. The molecule has 2 aliphatic rings. The van der Waals surface area contributed by atoms with Crippen LogP contribution in [0.4, 0.5) is 0 Å². The topological polar surface area (TPSA) is 82.2 Å². The van der Waals surface area contributed by atoms with Crippen molar-refractivity contribution in [2.45, 2.75) is 31.2 Å². The normalized spacial score (nSPS) is 20.1. The van der Waals surface area contributed by atoms with E-state index in [1.54, 1.807) is 11.9 Å². The molecule has 1 saturated heterocycles. The van der Waals surface area contributed by atoms with E-state index in [4.69, 9.17) is 4.74 Å². The monoisotopic (exact) mass is 343 g/mol. The Morgan fingerprint density at radius 1 is 1.28 bits per heavy atom. The van der Waals surface area contributed by atoms with Crippen molar-refractivity contribution in [3.05, 3.63) is 40.1 Å². The Morgan fingerprint density at radius 2 is 2.08 bits per heavy atom. The minimum absolute atomic E-state index is 0.127. The molecule has 8 nitrogen and oxygen atoms in total. The minimum atomic E-state index is -0.206. The van der Waals surface area contributed by atoms with Crippen molar-refractivity contribution in [3.8, 4) is 5.75 Å². The standard InChI is InChI=1S/C17H21N5O3/c1-20-9-13(15(25-2)7-16(20)23)17(24)21-6-5-12(8-21)22-10-14(18-19-22)11-3-4-11/h7,9-12H,3-6,8H2,1-2H3. The van der Waals surface area contributed by atoms with Gasteiger partial charge in [0.15, 0.2) is 0 Å². The van der Waals surface area contributed by atoms with Gasteiger partial charge in [0, 0.05) is 44.5 Å². The van der Waals surface area contributed by atoms with Crippen molar-refractivity contribution >= 4 is 5.91 Å². The molecule has 3 heterocycles. The molecule has 0 aromatic carbocycles. The molecule has 0 N–H and O–H groups in total. The quantitative estimate of drug-likeness (QED) is 0.825. The van der Waals surface area contributed by atoms with Crippen LogP contribution in [-0.2, 0) is 7.05 Å². The van der Waals surface area contributed by atoms with Crippen molar-refractivity contribution < 1.29 is 9.53 Å². The van der Waals surface area contributed by atoms with Crippen LogP contribution in [0.2, 0.25) is 0 Å². The molecule has 1 unspecified atom stereocenters. The average molecular weight is 343 g/mol. The Labute approximate surface area is 145 Å². The Kier molecular flexibility index (Phi) is 3.82. The maximum atomic E-state index is 12.9. The van der Waals surface area contributed by atoms with Crippen LogP contribution >= 0.6 is 0 Å². The molecule has 2 aromatic heterocycles. The first-order valence-corrected chi connectivity index (χ1v) is 8.52. The van der Waals surface area contributed by atoms with Crippen molar-refractivity contribution in [2.75, 3.05) is 20.2 Å². The van der Waals surface area contributed by atoms with Gasteiger partial charge >= 0.3 is 0 Å². The highest BCUT2D eigenvalue weighted by molar-refractivity contribution is 5.96. The number of nitrogens with zero attached hydrogens (tertiary/aromatic N) is 5. The number of rotatable bonds is 4. The fourth-order valence-corrected chi connectivity index (χ4v) is 3.29. The minimum Gasteiger partial charge on any atom is -0.496 e. The number of carbonyl (C=O) groups excluding carboxylic acids is 1. The molecule has 1 amide bonds. The van der Waals surface area contributed by atoms with Crippen LogP contribution in [0.1, 0.15) is 47.3 Å². The average Bonchev–Trinajstić information content (AvgIpc) is 3.14. The van der Waals surface area contributed by atoms with E-state index in [1.165, 1.54) is 36.8 Å². The molecule has 0 spiro atoms. The summed E-state index contributed by atoms with van der Waals surface area (Å²) >= 11 is 0. The first-order valence-electron chi connectivity index (χ1n) is 8.52. The smallest absolute Gasteiger partial charge is 0.259 e. The summed E-state index contributed by atoms with van der Waals surface area (Å²) in [6.45, 7) is 1.23. The third-order valence-electron chi connectivity index (χ3n) is 4.99. The van der Waals surface area contributed by atoms with Gasteiger partial charge in [0.25, 0.3) is 11.5 Å². The van der Waals surface area contributed by atoms with Gasteiger partial charge in [-0.05, 0) is 19.3 Å². The number of likely N-dealkylation sites (tertiary alicyclic amines) is 1. The van der Waals surface area contributed by atoms with Crippen molar-refractivity contribution in [1.29, 1.82) is 0 Å². The number of hydrogen-bond acceptors (Lipinski definition) is 5. The maximum absolute atomic E-state index is 12.9. The van der Waals surface area contributed by atoms with Gasteiger partial charge in [-0.25, -0.2) is 4.68 Å². The predicted molar refractivity (Wildman–Crippen MR) is 89.8 cm³/mol. The number of hydrogen-bond donors (Lipinski definition) is 0. The summed E-state index contributed by atoms with van der Waals surface area (Å²) in [5.41, 5.74) is 1.26. The van der Waals surface area contributed by atoms with E-state index in [2.05, 4.69) is 10.3 Å². The van der Waals surface area contributed by atoms with E-state index in [1.807, 2.05) is 10.9 Å². The number of ether oxygens (including phenoxy) is 1. The Bertz CT molecular complexity index is 867. The SMILES string of the molecule is COc1cc(=O)n(C)cc1C(=O)N1CCC(n2cc(C3CC3)nn2)C1. The van der Waals surface area contributed by atoms with Gasteiger partial charge in [-0.3, -0.25) is 9.59 Å². The molecule has 8 heteroatoms. The highest BCUT2D eigenvalue weighted by Crippen LogP contribution is 2.39. The van der Waals surface area contributed by atoms with Crippen molar-refractivity contribution in [2.24, 2.45) is 7.05 Å². The van der Waals surface area contributed by atoms with Gasteiger partial charge in [0.2, 0.25) is 0 Å². The number of pyridine rings is 1. The molecule has 0 bridgehead atoms. The van der Waals surface area contributed by atoms with E-state index in [-0.39, 0.29) is 17.5 Å². The summed E-state index contributed by atoms with van der Waals surface area (Å²) in [5.74, 6) is 0.758. The van der Waals surface area contributed by atoms with Crippen LogP contribution in [0, 0.1) is 0 Å². The molecular formula is C17H21N5O3. The van der Waals surface area contributed by atoms with Crippen LogP contribution in [0.15, 0.2) is 23.3 Å². The molecule has 0 radical (unpaired) electrons. The number of methoxy groups -OCH3 is 1. The van der Waals surface area contributed by atoms with Gasteiger partial charge in [0.05, 0.1) is 24.4 Å². The molecule has 2 fully saturated rings. The Morgan fingerprint density at radius 3 is 2.80 bits per heavy atom. The second-order valence-electron chi connectivity index (χ2n) is 6.80. The van der Waals surface area contributed by atoms with Gasteiger partial charge in [0.1, 0.15) is 5.75 Å². The summed E-state index contributed by atoms with van der Waals surface area (Å²) < 4.78 is 8.50. The largest absolute Gasteiger partial charge is 0.496 e. The van der Waals surface area contributed by atoms with E-state index >= 15 is 0 Å². The van der Waals surface area contributed by atoms with E-state index in [0.29, 0.717) is 30.3 Å². The lowest BCUT2D eigenvalue weighted by molar-refractivity contribution is 0.0782. The highest BCUT2D eigenvalue weighted by Gasteiger charge is 2.32. The zero-order valence-electron chi connectivity index (χ0n) is 14.4. The zero-order valence-corrected chi connectivity index (χ0v) is 14.4.